The maximum absolute atomic E-state index is 10.8. The van der Waals surface area contributed by atoms with Crippen LogP contribution in [0.15, 0.2) is 15.2 Å². The standard InChI is InChI=1S/C8H13BrN2O2/c1-3-13-8(12)5-11-4-7(9)6(2)10/h4H,3,5,10H2,1-2H3. The fourth-order valence-electron chi connectivity index (χ4n) is 0.509. The quantitative estimate of drug-likeness (QED) is 0.601. The van der Waals surface area contributed by atoms with E-state index in [0.29, 0.717) is 16.8 Å². The molecule has 0 radical (unpaired) electrons. The van der Waals surface area contributed by atoms with Gasteiger partial charge < -0.3 is 10.5 Å². The van der Waals surface area contributed by atoms with Crippen molar-refractivity contribution >= 4 is 28.1 Å². The van der Waals surface area contributed by atoms with E-state index in [4.69, 9.17) is 5.73 Å². The summed E-state index contributed by atoms with van der Waals surface area (Å²) in [7, 11) is 0. The van der Waals surface area contributed by atoms with Crippen LogP contribution in [-0.2, 0) is 9.53 Å². The molecule has 74 valence electrons. The van der Waals surface area contributed by atoms with Gasteiger partial charge in [0.2, 0.25) is 0 Å². The van der Waals surface area contributed by atoms with Gasteiger partial charge in [0, 0.05) is 11.9 Å². The van der Waals surface area contributed by atoms with Crippen LogP contribution in [0.2, 0.25) is 0 Å². The smallest absolute Gasteiger partial charge is 0.327 e. The van der Waals surface area contributed by atoms with Gasteiger partial charge in [0.15, 0.2) is 0 Å². The van der Waals surface area contributed by atoms with E-state index >= 15 is 0 Å². The molecule has 0 fully saturated rings. The van der Waals surface area contributed by atoms with Crippen LogP contribution in [0, 0.1) is 0 Å². The van der Waals surface area contributed by atoms with Crippen LogP contribution >= 0.6 is 15.9 Å². The van der Waals surface area contributed by atoms with Crippen molar-refractivity contribution in [2.45, 2.75) is 13.8 Å². The second kappa shape index (κ2) is 6.65. The summed E-state index contributed by atoms with van der Waals surface area (Å²) in [4.78, 5) is 14.6. The van der Waals surface area contributed by atoms with Gasteiger partial charge >= 0.3 is 5.97 Å². The van der Waals surface area contributed by atoms with Gasteiger partial charge in [-0.15, -0.1) is 0 Å². The summed E-state index contributed by atoms with van der Waals surface area (Å²) in [5, 5.41) is 0. The van der Waals surface area contributed by atoms with Crippen molar-refractivity contribution in [3.63, 3.8) is 0 Å². The van der Waals surface area contributed by atoms with Gasteiger partial charge in [-0.05, 0) is 29.8 Å². The van der Waals surface area contributed by atoms with E-state index in [1.54, 1.807) is 13.8 Å². The molecular weight excluding hydrogens is 236 g/mol. The first-order valence-electron chi connectivity index (χ1n) is 3.85. The first-order valence-corrected chi connectivity index (χ1v) is 4.64. The topological polar surface area (TPSA) is 64.7 Å². The average molecular weight is 249 g/mol. The van der Waals surface area contributed by atoms with Crippen molar-refractivity contribution in [3.8, 4) is 0 Å². The monoisotopic (exact) mass is 248 g/mol. The third-order valence-electron chi connectivity index (χ3n) is 1.11. The fourth-order valence-corrected chi connectivity index (χ4v) is 0.654. The molecule has 4 nitrogen and oxygen atoms in total. The number of aliphatic imine (C=N–C) groups is 1. The van der Waals surface area contributed by atoms with Crippen LogP contribution in [0.1, 0.15) is 13.8 Å². The van der Waals surface area contributed by atoms with Crippen molar-refractivity contribution in [1.29, 1.82) is 0 Å². The maximum atomic E-state index is 10.8. The summed E-state index contributed by atoms with van der Waals surface area (Å²) < 4.78 is 5.35. The molecule has 0 bridgehead atoms. The van der Waals surface area contributed by atoms with Crippen molar-refractivity contribution in [3.05, 3.63) is 10.2 Å². The van der Waals surface area contributed by atoms with Crippen LogP contribution in [0.5, 0.6) is 0 Å². The predicted octanol–water partition coefficient (Wildman–Crippen LogP) is 1.21. The minimum atomic E-state index is -0.339. The van der Waals surface area contributed by atoms with E-state index in [9.17, 15) is 4.79 Å². The highest BCUT2D eigenvalue weighted by Gasteiger charge is 1.97. The van der Waals surface area contributed by atoms with Gasteiger partial charge in [-0.3, -0.25) is 9.79 Å². The number of allylic oxidation sites excluding steroid dienone is 2. The van der Waals surface area contributed by atoms with Crippen molar-refractivity contribution in [2.24, 2.45) is 10.7 Å². The zero-order valence-electron chi connectivity index (χ0n) is 7.71. The molecule has 0 aromatic rings. The zero-order valence-corrected chi connectivity index (χ0v) is 9.30. The fraction of sp³-hybridized carbons (Fsp3) is 0.500. The molecule has 0 amide bonds. The predicted molar refractivity (Wildman–Crippen MR) is 55.8 cm³/mol. The van der Waals surface area contributed by atoms with Crippen molar-refractivity contribution in [2.75, 3.05) is 13.2 Å². The molecule has 2 N–H and O–H groups in total. The Morgan fingerprint density at radius 1 is 1.69 bits per heavy atom. The van der Waals surface area contributed by atoms with Gasteiger partial charge in [0.25, 0.3) is 0 Å². The summed E-state index contributed by atoms with van der Waals surface area (Å²) in [6.07, 6.45) is 1.49. The Bertz CT molecular complexity index is 232. The van der Waals surface area contributed by atoms with Crippen LogP contribution in [0.3, 0.4) is 0 Å². The highest BCUT2D eigenvalue weighted by Crippen LogP contribution is 2.03. The molecule has 0 rings (SSSR count). The molecule has 0 heterocycles. The Morgan fingerprint density at radius 3 is 2.77 bits per heavy atom. The lowest BCUT2D eigenvalue weighted by Crippen LogP contribution is -2.07. The number of hydrogen-bond donors (Lipinski definition) is 1. The molecule has 0 atom stereocenters. The number of nitrogens with zero attached hydrogens (tertiary/aromatic N) is 1. The van der Waals surface area contributed by atoms with Crippen LogP contribution in [-0.4, -0.2) is 25.3 Å². The number of carbonyl (C=O) groups excluding carboxylic acids is 1. The van der Waals surface area contributed by atoms with Gasteiger partial charge in [0.05, 0.1) is 11.1 Å². The second-order valence-corrected chi connectivity index (χ2v) is 3.16. The summed E-state index contributed by atoms with van der Waals surface area (Å²) in [6.45, 7) is 3.89. The van der Waals surface area contributed by atoms with E-state index in [2.05, 4.69) is 25.7 Å². The molecule has 0 aromatic heterocycles. The lowest BCUT2D eigenvalue weighted by molar-refractivity contribution is -0.141. The summed E-state index contributed by atoms with van der Waals surface area (Å²) in [5.41, 5.74) is 6.05. The third-order valence-corrected chi connectivity index (χ3v) is 1.94. The van der Waals surface area contributed by atoms with Crippen LogP contribution in [0.4, 0.5) is 0 Å². The number of halogens is 1. The van der Waals surface area contributed by atoms with Crippen molar-refractivity contribution < 1.29 is 9.53 Å². The minimum absolute atomic E-state index is 0.0240. The summed E-state index contributed by atoms with van der Waals surface area (Å²) >= 11 is 3.18. The van der Waals surface area contributed by atoms with Gasteiger partial charge in [-0.25, -0.2) is 0 Å². The first-order chi connectivity index (χ1) is 6.07. The van der Waals surface area contributed by atoms with E-state index in [1.165, 1.54) is 6.21 Å². The van der Waals surface area contributed by atoms with Gasteiger partial charge in [-0.1, -0.05) is 0 Å². The molecule has 0 saturated carbocycles. The van der Waals surface area contributed by atoms with E-state index in [1.807, 2.05) is 0 Å². The number of ether oxygens (including phenoxy) is 1. The Kier molecular flexibility index (Phi) is 6.22. The maximum Gasteiger partial charge on any atom is 0.327 e. The van der Waals surface area contributed by atoms with Crippen molar-refractivity contribution in [1.82, 2.24) is 0 Å². The van der Waals surface area contributed by atoms with Crippen LogP contribution < -0.4 is 5.73 Å². The SMILES string of the molecule is CCOC(=O)CN=CC(Br)=C(C)N. The Morgan fingerprint density at radius 2 is 2.31 bits per heavy atom. The number of rotatable bonds is 4. The molecule has 13 heavy (non-hydrogen) atoms. The molecule has 0 spiro atoms. The Balaban J connectivity index is 3.89. The second-order valence-electron chi connectivity index (χ2n) is 2.31. The number of carbonyl (C=O) groups is 1. The van der Waals surface area contributed by atoms with E-state index in [-0.39, 0.29) is 12.5 Å². The third kappa shape index (κ3) is 6.33. The lowest BCUT2D eigenvalue weighted by Gasteiger charge is -1.96. The summed E-state index contributed by atoms with van der Waals surface area (Å²) in [6, 6.07) is 0. The molecule has 5 heteroatoms. The van der Waals surface area contributed by atoms with E-state index < -0.39 is 0 Å². The largest absolute Gasteiger partial charge is 0.465 e. The molecule has 0 aliphatic carbocycles. The highest BCUT2D eigenvalue weighted by atomic mass is 79.9. The van der Waals surface area contributed by atoms with E-state index in [0.717, 1.165) is 0 Å². The zero-order chi connectivity index (χ0) is 10.3. The molecule has 0 aliphatic rings. The Hall–Kier alpha value is -0.840. The molecule has 0 aliphatic heterocycles. The van der Waals surface area contributed by atoms with Gasteiger partial charge in [0.1, 0.15) is 6.54 Å². The number of hydrogen-bond acceptors (Lipinski definition) is 4. The highest BCUT2D eigenvalue weighted by molar-refractivity contribution is 9.12. The normalized spacial score (nSPS) is 12.8. The summed E-state index contributed by atoms with van der Waals surface area (Å²) in [5.74, 6) is -0.339. The minimum Gasteiger partial charge on any atom is -0.465 e. The Labute approximate surface area is 86.0 Å². The molecule has 0 unspecified atom stereocenters. The lowest BCUT2D eigenvalue weighted by atomic mass is 10.5. The van der Waals surface area contributed by atoms with Gasteiger partial charge in [-0.2, -0.15) is 0 Å². The molecular formula is C8H13BrN2O2. The molecule has 0 saturated heterocycles. The number of nitrogens with two attached hydrogens (primary N) is 1. The first kappa shape index (κ1) is 12.2. The molecule has 0 aromatic carbocycles. The number of esters is 1. The van der Waals surface area contributed by atoms with Crippen LogP contribution in [0.25, 0.3) is 0 Å². The average Bonchev–Trinajstić information content (AvgIpc) is 2.04.